The molecule has 5 heteroatoms. The summed E-state index contributed by atoms with van der Waals surface area (Å²) >= 11 is 5.96. The van der Waals surface area contributed by atoms with Crippen molar-refractivity contribution in [2.45, 2.75) is 0 Å². The molecule has 1 aromatic carbocycles. The van der Waals surface area contributed by atoms with E-state index in [1.807, 2.05) is 30.3 Å². The van der Waals surface area contributed by atoms with Crippen molar-refractivity contribution in [2.24, 2.45) is 0 Å². The van der Waals surface area contributed by atoms with Gasteiger partial charge in [-0.25, -0.2) is 9.97 Å². The second-order valence-electron chi connectivity index (χ2n) is 3.80. The van der Waals surface area contributed by atoms with Gasteiger partial charge >= 0.3 is 0 Å². The van der Waals surface area contributed by atoms with Crippen LogP contribution in [0.2, 0.25) is 5.15 Å². The Morgan fingerprint density at radius 1 is 1.22 bits per heavy atom. The SMILES string of the molecule is COc1ccccc1-c1ncnc2[nH]c(Cl)cc12. The lowest BCUT2D eigenvalue weighted by atomic mass is 10.1. The van der Waals surface area contributed by atoms with Crippen molar-refractivity contribution in [1.82, 2.24) is 15.0 Å². The molecule has 3 aromatic rings. The Bertz CT molecular complexity index is 708. The molecule has 0 aliphatic rings. The van der Waals surface area contributed by atoms with E-state index in [0.29, 0.717) is 5.15 Å². The zero-order valence-corrected chi connectivity index (χ0v) is 10.4. The molecule has 2 heterocycles. The maximum atomic E-state index is 5.96. The van der Waals surface area contributed by atoms with E-state index in [1.54, 1.807) is 7.11 Å². The monoisotopic (exact) mass is 259 g/mol. The van der Waals surface area contributed by atoms with Crippen molar-refractivity contribution in [3.05, 3.63) is 41.8 Å². The zero-order valence-electron chi connectivity index (χ0n) is 9.64. The van der Waals surface area contributed by atoms with Gasteiger partial charge in [0.2, 0.25) is 0 Å². The van der Waals surface area contributed by atoms with Crippen molar-refractivity contribution in [3.8, 4) is 17.0 Å². The summed E-state index contributed by atoms with van der Waals surface area (Å²) in [5.41, 5.74) is 2.44. The van der Waals surface area contributed by atoms with Gasteiger partial charge < -0.3 is 9.72 Å². The van der Waals surface area contributed by atoms with Crippen LogP contribution in [0.3, 0.4) is 0 Å². The Hall–Kier alpha value is -2.07. The first kappa shape index (κ1) is 11.0. The Morgan fingerprint density at radius 2 is 2.06 bits per heavy atom. The van der Waals surface area contributed by atoms with Crippen molar-refractivity contribution in [3.63, 3.8) is 0 Å². The summed E-state index contributed by atoms with van der Waals surface area (Å²) in [6, 6.07) is 9.54. The van der Waals surface area contributed by atoms with Crippen molar-refractivity contribution < 1.29 is 4.74 Å². The third-order valence-corrected chi connectivity index (χ3v) is 2.96. The summed E-state index contributed by atoms with van der Waals surface area (Å²) in [6.07, 6.45) is 1.51. The van der Waals surface area contributed by atoms with Crippen LogP contribution in [-0.2, 0) is 0 Å². The lowest BCUT2D eigenvalue weighted by Crippen LogP contribution is -1.91. The van der Waals surface area contributed by atoms with Gasteiger partial charge in [0, 0.05) is 10.9 Å². The molecule has 0 saturated heterocycles. The molecular weight excluding hydrogens is 250 g/mol. The second-order valence-corrected chi connectivity index (χ2v) is 4.21. The van der Waals surface area contributed by atoms with Crippen LogP contribution in [-0.4, -0.2) is 22.1 Å². The molecule has 0 aliphatic carbocycles. The van der Waals surface area contributed by atoms with E-state index >= 15 is 0 Å². The molecule has 0 fully saturated rings. The van der Waals surface area contributed by atoms with Gasteiger partial charge in [0.15, 0.2) is 0 Å². The largest absolute Gasteiger partial charge is 0.496 e. The third-order valence-electron chi connectivity index (χ3n) is 2.75. The maximum absolute atomic E-state index is 5.96. The lowest BCUT2D eigenvalue weighted by Gasteiger charge is -2.07. The number of nitrogens with one attached hydrogen (secondary N) is 1. The number of aromatic nitrogens is 3. The average molecular weight is 260 g/mol. The molecule has 0 amide bonds. The number of aromatic amines is 1. The summed E-state index contributed by atoms with van der Waals surface area (Å²) in [5.74, 6) is 0.773. The Morgan fingerprint density at radius 3 is 2.89 bits per heavy atom. The summed E-state index contributed by atoms with van der Waals surface area (Å²) in [6.45, 7) is 0. The first-order valence-electron chi connectivity index (χ1n) is 5.42. The van der Waals surface area contributed by atoms with Gasteiger partial charge in [-0.3, -0.25) is 0 Å². The highest BCUT2D eigenvalue weighted by atomic mass is 35.5. The highest BCUT2D eigenvalue weighted by Gasteiger charge is 2.12. The fourth-order valence-corrected chi connectivity index (χ4v) is 2.16. The van der Waals surface area contributed by atoms with E-state index in [0.717, 1.165) is 28.0 Å². The van der Waals surface area contributed by atoms with Crippen LogP contribution in [0.1, 0.15) is 0 Å². The highest BCUT2D eigenvalue weighted by molar-refractivity contribution is 6.30. The molecule has 3 rings (SSSR count). The summed E-state index contributed by atoms with van der Waals surface area (Å²) in [4.78, 5) is 11.5. The van der Waals surface area contributed by atoms with Crippen LogP contribution >= 0.6 is 11.6 Å². The van der Waals surface area contributed by atoms with Crippen LogP contribution in [0.25, 0.3) is 22.3 Å². The van der Waals surface area contributed by atoms with Gasteiger partial charge in [-0.1, -0.05) is 23.7 Å². The van der Waals surface area contributed by atoms with E-state index in [2.05, 4.69) is 15.0 Å². The summed E-state index contributed by atoms with van der Waals surface area (Å²) in [5, 5.41) is 1.42. The average Bonchev–Trinajstić information content (AvgIpc) is 2.78. The molecule has 2 aromatic heterocycles. The molecule has 18 heavy (non-hydrogen) atoms. The van der Waals surface area contributed by atoms with Crippen LogP contribution in [0.4, 0.5) is 0 Å². The van der Waals surface area contributed by atoms with Gasteiger partial charge in [0.25, 0.3) is 0 Å². The number of fused-ring (bicyclic) bond motifs is 1. The molecule has 4 nitrogen and oxygen atoms in total. The molecule has 90 valence electrons. The van der Waals surface area contributed by atoms with Crippen LogP contribution in [0.5, 0.6) is 5.75 Å². The number of H-pyrrole nitrogens is 1. The predicted molar refractivity (Wildman–Crippen MR) is 70.9 cm³/mol. The summed E-state index contributed by atoms with van der Waals surface area (Å²) in [7, 11) is 1.64. The second kappa shape index (κ2) is 4.31. The minimum atomic E-state index is 0.543. The topological polar surface area (TPSA) is 50.8 Å². The fourth-order valence-electron chi connectivity index (χ4n) is 1.96. The molecule has 0 aliphatic heterocycles. The van der Waals surface area contributed by atoms with E-state index in [4.69, 9.17) is 16.3 Å². The van der Waals surface area contributed by atoms with Gasteiger partial charge in [-0.15, -0.1) is 0 Å². The van der Waals surface area contributed by atoms with Crippen LogP contribution in [0.15, 0.2) is 36.7 Å². The quantitative estimate of drug-likeness (QED) is 0.768. The number of rotatable bonds is 2. The van der Waals surface area contributed by atoms with Crippen LogP contribution in [0, 0.1) is 0 Å². The number of benzene rings is 1. The number of hydrogen-bond acceptors (Lipinski definition) is 3. The standard InChI is InChI=1S/C13H10ClN3O/c1-18-10-5-3-2-4-8(10)12-9-6-11(14)17-13(9)16-7-15-12/h2-7H,1H3,(H,15,16,17). The Labute approximate surface area is 109 Å². The number of para-hydroxylation sites is 1. The van der Waals surface area contributed by atoms with Gasteiger partial charge in [0.05, 0.1) is 12.8 Å². The minimum absolute atomic E-state index is 0.543. The van der Waals surface area contributed by atoms with Crippen LogP contribution < -0.4 is 4.74 Å². The number of ether oxygens (including phenoxy) is 1. The van der Waals surface area contributed by atoms with Crippen molar-refractivity contribution in [1.29, 1.82) is 0 Å². The number of nitrogens with zero attached hydrogens (tertiary/aromatic N) is 2. The maximum Gasteiger partial charge on any atom is 0.142 e. The molecule has 0 atom stereocenters. The number of halogens is 1. The van der Waals surface area contributed by atoms with E-state index in [-0.39, 0.29) is 0 Å². The molecule has 0 radical (unpaired) electrons. The summed E-state index contributed by atoms with van der Waals surface area (Å²) < 4.78 is 5.35. The van der Waals surface area contributed by atoms with Gasteiger partial charge in [-0.05, 0) is 18.2 Å². The van der Waals surface area contributed by atoms with E-state index < -0.39 is 0 Å². The normalized spacial score (nSPS) is 10.8. The first-order chi connectivity index (χ1) is 8.79. The first-order valence-corrected chi connectivity index (χ1v) is 5.80. The Balaban J connectivity index is 2.31. The van der Waals surface area contributed by atoms with E-state index in [9.17, 15) is 0 Å². The van der Waals surface area contributed by atoms with Crippen molar-refractivity contribution in [2.75, 3.05) is 7.11 Å². The predicted octanol–water partition coefficient (Wildman–Crippen LogP) is 3.29. The molecule has 0 saturated carbocycles. The molecule has 1 N–H and O–H groups in total. The molecule has 0 spiro atoms. The molecule has 0 unspecified atom stereocenters. The molecular formula is C13H10ClN3O. The number of hydrogen-bond donors (Lipinski definition) is 1. The third kappa shape index (κ3) is 1.71. The number of methoxy groups -OCH3 is 1. The lowest BCUT2D eigenvalue weighted by molar-refractivity contribution is 0.416. The zero-order chi connectivity index (χ0) is 12.5. The van der Waals surface area contributed by atoms with Gasteiger partial charge in [0.1, 0.15) is 22.9 Å². The highest BCUT2D eigenvalue weighted by Crippen LogP contribution is 2.33. The fraction of sp³-hybridized carbons (Fsp3) is 0.0769. The van der Waals surface area contributed by atoms with Crippen molar-refractivity contribution >= 4 is 22.6 Å². The smallest absolute Gasteiger partial charge is 0.142 e. The minimum Gasteiger partial charge on any atom is -0.496 e. The van der Waals surface area contributed by atoms with E-state index in [1.165, 1.54) is 6.33 Å². The molecule has 0 bridgehead atoms. The van der Waals surface area contributed by atoms with Gasteiger partial charge in [-0.2, -0.15) is 0 Å². The Kier molecular flexibility index (Phi) is 2.64.